The maximum Gasteiger partial charge on any atom is 0.583 e. The van der Waals surface area contributed by atoms with Crippen LogP contribution in [0.15, 0.2) is 56.8 Å². The van der Waals surface area contributed by atoms with Crippen LogP contribution in [0.3, 0.4) is 0 Å². The molecule has 2 N–H and O–H groups in total. The summed E-state index contributed by atoms with van der Waals surface area (Å²) in [5, 5.41) is 18.3. The molecular weight excluding hydrogens is 621 g/mol. The number of nitrogens with one attached hydrogen (secondary N) is 1. The van der Waals surface area contributed by atoms with Crippen LogP contribution in [0.1, 0.15) is 56.0 Å². The molecule has 1 fully saturated rings. The second-order valence-electron chi connectivity index (χ2n) is 13.0. The first-order chi connectivity index (χ1) is 22.3. The number of piperazine rings is 1. The fourth-order valence-electron chi connectivity index (χ4n) is 5.94. The topological polar surface area (TPSA) is 130 Å². The molecule has 1 amide bonds. The lowest BCUT2D eigenvalue weighted by Crippen LogP contribution is -2.50. The molecule has 2 aromatic carbocycles. The highest BCUT2D eigenvalue weighted by molar-refractivity contribution is 6.62. The third-order valence-electron chi connectivity index (χ3n) is 8.26. The van der Waals surface area contributed by atoms with E-state index in [0.29, 0.717) is 76.2 Å². The highest BCUT2D eigenvalue weighted by Gasteiger charge is 2.29. The fraction of sp³-hybridized carbons (Fsp3) is 0.353. The first-order valence-corrected chi connectivity index (χ1v) is 15.9. The van der Waals surface area contributed by atoms with Crippen LogP contribution in [-0.2, 0) is 9.49 Å². The molecule has 1 saturated heterocycles. The quantitative estimate of drug-likeness (QED) is 0.214. The number of halogens is 1. The number of carbonyl (C=O) groups is 1. The molecule has 0 saturated carbocycles. The SMILES string of the molecule is Cc1cc(C(C)Nc2ccc(Cl)nc2-c2ccc3c(c2)C=NOB3O)c2oc(N3CCN(C(=O)OC(C)(C)C)CC3)c(C)c(=O)c2c1. The van der Waals surface area contributed by atoms with Gasteiger partial charge in [0.15, 0.2) is 5.43 Å². The Bertz CT molecular complexity index is 1950. The number of aromatic nitrogens is 1. The van der Waals surface area contributed by atoms with Crippen molar-refractivity contribution in [1.82, 2.24) is 9.88 Å². The van der Waals surface area contributed by atoms with Gasteiger partial charge in [-0.25, -0.2) is 9.78 Å². The second kappa shape index (κ2) is 12.6. The van der Waals surface area contributed by atoms with E-state index in [1.807, 2.05) is 69.9 Å². The molecule has 4 aromatic rings. The van der Waals surface area contributed by atoms with Crippen molar-refractivity contribution in [3.05, 3.63) is 80.1 Å². The van der Waals surface area contributed by atoms with Crippen molar-refractivity contribution >= 4 is 59.0 Å². The van der Waals surface area contributed by atoms with Crippen LogP contribution in [0, 0.1) is 13.8 Å². The Balaban J connectivity index is 1.32. The maximum absolute atomic E-state index is 13.8. The molecule has 2 aliphatic heterocycles. The summed E-state index contributed by atoms with van der Waals surface area (Å²) in [5.74, 6) is 0.499. The van der Waals surface area contributed by atoms with Crippen molar-refractivity contribution in [3.8, 4) is 11.3 Å². The van der Waals surface area contributed by atoms with E-state index in [-0.39, 0.29) is 17.6 Å². The van der Waals surface area contributed by atoms with E-state index in [1.165, 1.54) is 0 Å². The van der Waals surface area contributed by atoms with Crippen LogP contribution in [0.5, 0.6) is 0 Å². The Morgan fingerprint density at radius 1 is 1.11 bits per heavy atom. The van der Waals surface area contributed by atoms with Crippen LogP contribution in [-0.4, -0.2) is 66.1 Å². The predicted molar refractivity (Wildman–Crippen MR) is 185 cm³/mol. The Hall–Kier alpha value is -4.55. The van der Waals surface area contributed by atoms with E-state index in [2.05, 4.69) is 15.5 Å². The summed E-state index contributed by atoms with van der Waals surface area (Å²) < 4.78 is 17.1. The van der Waals surface area contributed by atoms with Crippen molar-refractivity contribution < 1.29 is 23.7 Å². The van der Waals surface area contributed by atoms with Crippen LogP contribution in [0.2, 0.25) is 5.15 Å². The van der Waals surface area contributed by atoms with Gasteiger partial charge in [0.05, 0.1) is 34.6 Å². The summed E-state index contributed by atoms with van der Waals surface area (Å²) in [5.41, 5.74) is 5.50. The van der Waals surface area contributed by atoms with Crippen LogP contribution in [0.25, 0.3) is 22.2 Å². The number of pyridine rings is 1. The summed E-state index contributed by atoms with van der Waals surface area (Å²) in [4.78, 5) is 34.7. The molecule has 2 aliphatic rings. The Morgan fingerprint density at radius 3 is 2.57 bits per heavy atom. The highest BCUT2D eigenvalue weighted by Crippen LogP contribution is 2.35. The lowest BCUT2D eigenvalue weighted by Gasteiger charge is -2.36. The first kappa shape index (κ1) is 32.4. The summed E-state index contributed by atoms with van der Waals surface area (Å²) in [6.07, 6.45) is 1.20. The van der Waals surface area contributed by atoms with Crippen LogP contribution in [0.4, 0.5) is 16.4 Å². The number of carbonyl (C=O) groups excluding carboxylic acids is 1. The third-order valence-corrected chi connectivity index (χ3v) is 8.47. The molecule has 11 nitrogen and oxygen atoms in total. The van der Waals surface area contributed by atoms with Crippen LogP contribution >= 0.6 is 11.6 Å². The molecule has 47 heavy (non-hydrogen) atoms. The van der Waals surface area contributed by atoms with Crippen LogP contribution < -0.4 is 21.1 Å². The molecule has 1 atom stereocenters. The van der Waals surface area contributed by atoms with Gasteiger partial charge >= 0.3 is 13.2 Å². The van der Waals surface area contributed by atoms with Crippen molar-refractivity contribution in [2.45, 2.75) is 53.2 Å². The standard InChI is InChI=1S/C34H37BClN5O6/c1-19-15-24(21(3)38-27-9-10-28(36)39-29(27)22-7-8-26-23(17-22)18-37-47-35(26)44)31-25(16-19)30(42)20(2)32(45-31)40-11-13-41(14-12-40)33(43)46-34(4,5)6/h7-10,15-18,21,38,44H,11-14H2,1-6H3. The van der Waals surface area contributed by atoms with Gasteiger partial charge in [-0.2, -0.15) is 0 Å². The number of hydrogen-bond acceptors (Lipinski definition) is 10. The first-order valence-electron chi connectivity index (χ1n) is 15.5. The van der Waals surface area contributed by atoms with E-state index in [9.17, 15) is 14.6 Å². The molecule has 1 unspecified atom stereocenters. The normalized spacial score (nSPS) is 15.4. The summed E-state index contributed by atoms with van der Waals surface area (Å²) in [7, 11) is -1.14. The van der Waals surface area contributed by atoms with Gasteiger partial charge in [-0.05, 0) is 76.9 Å². The lowest BCUT2D eigenvalue weighted by molar-refractivity contribution is 0.0239. The number of ether oxygens (including phenoxy) is 1. The molecule has 244 valence electrons. The van der Waals surface area contributed by atoms with E-state index in [4.69, 9.17) is 25.5 Å². The van der Waals surface area contributed by atoms with Crippen molar-refractivity contribution in [3.63, 3.8) is 0 Å². The number of hydrogen-bond donors (Lipinski definition) is 2. The molecule has 13 heteroatoms. The van der Waals surface area contributed by atoms with E-state index < -0.39 is 12.7 Å². The number of nitrogens with zero attached hydrogens (tertiary/aromatic N) is 4. The molecule has 4 heterocycles. The zero-order valence-electron chi connectivity index (χ0n) is 27.3. The van der Waals surface area contributed by atoms with Crippen molar-refractivity contribution in [2.75, 3.05) is 36.4 Å². The number of benzene rings is 2. The molecule has 6 rings (SSSR count). The molecule has 0 spiro atoms. The summed E-state index contributed by atoms with van der Waals surface area (Å²) >= 11 is 6.36. The van der Waals surface area contributed by atoms with E-state index in [1.54, 1.807) is 30.2 Å². The summed E-state index contributed by atoms with van der Waals surface area (Å²) in [6, 6.07) is 12.6. The number of aryl methyl sites for hydroxylation is 1. The molecule has 0 bridgehead atoms. The second-order valence-corrected chi connectivity index (χ2v) is 13.4. The predicted octanol–water partition coefficient (Wildman–Crippen LogP) is 5.41. The Labute approximate surface area is 278 Å². The minimum atomic E-state index is -1.14. The molecule has 0 aliphatic carbocycles. The zero-order chi connectivity index (χ0) is 33.6. The lowest BCUT2D eigenvalue weighted by atomic mass is 9.75. The monoisotopic (exact) mass is 657 g/mol. The molecule has 2 aromatic heterocycles. The van der Waals surface area contributed by atoms with Gasteiger partial charge in [0.2, 0.25) is 5.88 Å². The van der Waals surface area contributed by atoms with Gasteiger partial charge in [0.1, 0.15) is 16.3 Å². The van der Waals surface area contributed by atoms with E-state index >= 15 is 0 Å². The van der Waals surface area contributed by atoms with Gasteiger partial charge in [0, 0.05) is 42.8 Å². The minimum Gasteiger partial charge on any atom is -0.444 e. The number of anilines is 2. The summed E-state index contributed by atoms with van der Waals surface area (Å²) in [6.45, 7) is 13.2. The minimum absolute atomic E-state index is 0.0938. The molecule has 0 radical (unpaired) electrons. The number of rotatable bonds is 5. The fourth-order valence-corrected chi connectivity index (χ4v) is 6.09. The van der Waals surface area contributed by atoms with Crippen molar-refractivity contribution in [2.24, 2.45) is 5.16 Å². The van der Waals surface area contributed by atoms with Gasteiger partial charge in [0.25, 0.3) is 0 Å². The molecular formula is C34H37BClN5O6. The zero-order valence-corrected chi connectivity index (χ0v) is 28.0. The van der Waals surface area contributed by atoms with Gasteiger partial charge in [-0.1, -0.05) is 29.8 Å². The van der Waals surface area contributed by atoms with Gasteiger partial charge in [-0.15, -0.1) is 5.16 Å². The third kappa shape index (κ3) is 6.66. The Kier molecular flexibility index (Phi) is 8.67. The van der Waals surface area contributed by atoms with Crippen molar-refractivity contribution in [1.29, 1.82) is 0 Å². The average molecular weight is 658 g/mol. The van der Waals surface area contributed by atoms with E-state index in [0.717, 1.165) is 16.7 Å². The maximum atomic E-state index is 13.8. The number of oxime groups is 1. The number of fused-ring (bicyclic) bond motifs is 2. The van der Waals surface area contributed by atoms with Gasteiger partial charge in [-0.3, -0.25) is 4.79 Å². The Morgan fingerprint density at radius 2 is 1.85 bits per heavy atom. The largest absolute Gasteiger partial charge is 0.583 e. The van der Waals surface area contributed by atoms with Gasteiger partial charge < -0.3 is 34.0 Å². The number of amides is 1. The average Bonchev–Trinajstić information content (AvgIpc) is 3.02. The highest BCUT2D eigenvalue weighted by atomic mass is 35.5. The smallest absolute Gasteiger partial charge is 0.444 e.